The van der Waals surface area contributed by atoms with Crippen LogP contribution in [0.1, 0.15) is 30.5 Å². The van der Waals surface area contributed by atoms with Gasteiger partial charge in [0.15, 0.2) is 0 Å². The zero-order chi connectivity index (χ0) is 21.9. The Morgan fingerprint density at radius 3 is 2.73 bits per heavy atom. The first-order valence-corrected chi connectivity index (χ1v) is 12.2. The van der Waals surface area contributed by atoms with Crippen LogP contribution in [0.15, 0.2) is 29.6 Å². The number of sulfone groups is 1. The van der Waals surface area contributed by atoms with Crippen LogP contribution in [0.5, 0.6) is 0 Å². The maximum Gasteiger partial charge on any atom is 0.221 e. The number of nitrogens with one attached hydrogen (secondary N) is 2. The molecule has 3 heterocycles. The minimum atomic E-state index is -3.15. The van der Waals surface area contributed by atoms with Gasteiger partial charge in [0.1, 0.15) is 15.7 Å². The molecule has 3 rings (SSSR count). The van der Waals surface area contributed by atoms with E-state index in [0.717, 1.165) is 37.8 Å². The van der Waals surface area contributed by atoms with Gasteiger partial charge in [0.05, 0.1) is 28.8 Å². The molecule has 0 aliphatic carbocycles. The molecule has 0 radical (unpaired) electrons. The maximum absolute atomic E-state index is 13.4. The summed E-state index contributed by atoms with van der Waals surface area (Å²) in [4.78, 5) is 18.4. The van der Waals surface area contributed by atoms with Crippen molar-refractivity contribution in [3.8, 4) is 0 Å². The average Bonchev–Trinajstić information content (AvgIpc) is 2.67. The van der Waals surface area contributed by atoms with Crippen molar-refractivity contribution in [3.05, 3.63) is 46.6 Å². The second kappa shape index (κ2) is 9.45. The molecule has 1 amide bonds. The summed E-state index contributed by atoms with van der Waals surface area (Å²) in [5.41, 5.74) is 2.12. The lowest BCUT2D eigenvalue weighted by Crippen LogP contribution is -2.51. The molecule has 0 bridgehead atoms. The number of pyridine rings is 1. The van der Waals surface area contributed by atoms with Crippen LogP contribution in [-0.4, -0.2) is 61.5 Å². The van der Waals surface area contributed by atoms with E-state index in [1.807, 2.05) is 6.08 Å². The highest BCUT2D eigenvalue weighted by Crippen LogP contribution is 2.30. The fourth-order valence-corrected chi connectivity index (χ4v) is 4.42. The summed E-state index contributed by atoms with van der Waals surface area (Å²) in [7, 11) is -3.15. The number of dihydropyridines is 1. The molecule has 10 heteroatoms. The average molecular weight is 457 g/mol. The molecule has 1 saturated heterocycles. The molecule has 2 aliphatic heterocycles. The van der Waals surface area contributed by atoms with Gasteiger partial charge in [-0.15, -0.1) is 0 Å². The van der Waals surface area contributed by atoms with E-state index in [0.29, 0.717) is 16.3 Å². The van der Waals surface area contributed by atoms with Crippen LogP contribution in [0.3, 0.4) is 0 Å². The lowest BCUT2D eigenvalue weighted by Gasteiger charge is -2.38. The van der Waals surface area contributed by atoms with Gasteiger partial charge in [-0.25, -0.2) is 12.8 Å². The predicted octanol–water partition coefficient (Wildman–Crippen LogP) is 1.94. The number of nitrogens with zero attached hydrogens (tertiary/aromatic N) is 2. The first-order valence-electron chi connectivity index (χ1n) is 9.80. The number of aromatic nitrogens is 1. The van der Waals surface area contributed by atoms with Crippen LogP contribution >= 0.6 is 11.6 Å². The molecule has 1 unspecified atom stereocenters. The van der Waals surface area contributed by atoms with E-state index >= 15 is 0 Å². The van der Waals surface area contributed by atoms with Gasteiger partial charge in [-0.3, -0.25) is 14.7 Å². The van der Waals surface area contributed by atoms with Crippen LogP contribution in [0, 0.1) is 12.7 Å². The summed E-state index contributed by atoms with van der Waals surface area (Å²) in [5, 5.41) is 6.70. The summed E-state index contributed by atoms with van der Waals surface area (Å²) in [5.74, 6) is -0.756. The zero-order valence-electron chi connectivity index (χ0n) is 17.0. The smallest absolute Gasteiger partial charge is 0.221 e. The summed E-state index contributed by atoms with van der Waals surface area (Å²) in [6, 6.07) is 1.46. The highest BCUT2D eigenvalue weighted by Gasteiger charge is 2.27. The van der Waals surface area contributed by atoms with Gasteiger partial charge in [-0.05, 0) is 37.5 Å². The molecule has 0 aromatic carbocycles. The van der Waals surface area contributed by atoms with Crippen LogP contribution in [-0.2, 0) is 14.6 Å². The number of hydrogen-bond acceptors (Lipinski definition) is 6. The molecule has 30 heavy (non-hydrogen) atoms. The van der Waals surface area contributed by atoms with Gasteiger partial charge in [0.25, 0.3) is 0 Å². The van der Waals surface area contributed by atoms with Crippen LogP contribution in [0.2, 0.25) is 0 Å². The van der Waals surface area contributed by atoms with Crippen LogP contribution in [0.4, 0.5) is 4.39 Å². The Bertz CT molecular complexity index is 972. The Hall–Kier alpha value is -1.97. The molecule has 2 aliphatic rings. The van der Waals surface area contributed by atoms with Crippen molar-refractivity contribution >= 4 is 32.9 Å². The van der Waals surface area contributed by atoms with Gasteiger partial charge in [0, 0.05) is 43.6 Å². The maximum atomic E-state index is 13.4. The van der Waals surface area contributed by atoms with E-state index in [2.05, 4.69) is 20.5 Å². The number of allylic oxidation sites excluding steroid dienone is 2. The number of piperidine rings is 1. The third-order valence-corrected chi connectivity index (χ3v) is 6.51. The Morgan fingerprint density at radius 1 is 1.40 bits per heavy atom. The molecule has 164 valence electrons. The second-order valence-electron chi connectivity index (χ2n) is 7.76. The number of carbonyl (C=O) groups is 1. The van der Waals surface area contributed by atoms with Crippen molar-refractivity contribution < 1.29 is 17.6 Å². The van der Waals surface area contributed by atoms with Crippen molar-refractivity contribution in [1.29, 1.82) is 0 Å². The van der Waals surface area contributed by atoms with Crippen molar-refractivity contribution in [3.63, 3.8) is 0 Å². The Kier molecular flexibility index (Phi) is 7.15. The van der Waals surface area contributed by atoms with Gasteiger partial charge in [0.2, 0.25) is 5.91 Å². The van der Waals surface area contributed by atoms with E-state index in [1.165, 1.54) is 12.3 Å². The fourth-order valence-electron chi connectivity index (χ4n) is 3.65. The van der Waals surface area contributed by atoms with Gasteiger partial charge in [-0.2, -0.15) is 0 Å². The summed E-state index contributed by atoms with van der Waals surface area (Å²) >= 11 is 6.36. The quantitative estimate of drug-likeness (QED) is 0.679. The number of aryl methyl sites for hydroxylation is 1. The zero-order valence-corrected chi connectivity index (χ0v) is 18.6. The molecule has 1 aromatic heterocycles. The SMILES string of the molecule is Cc1cc(F)cnc1C1=CC(N2CCC(NC(=O)CCS(C)(=O)=O)CC2)NC=C1Cl. The number of likely N-dealkylation sites (tertiary alicyclic amines) is 1. The third kappa shape index (κ3) is 6.02. The fraction of sp³-hybridized carbons (Fsp3) is 0.500. The lowest BCUT2D eigenvalue weighted by atomic mass is 10.0. The van der Waals surface area contributed by atoms with E-state index < -0.39 is 9.84 Å². The van der Waals surface area contributed by atoms with E-state index in [4.69, 9.17) is 11.6 Å². The van der Waals surface area contributed by atoms with Crippen LogP contribution in [0.25, 0.3) is 5.57 Å². The van der Waals surface area contributed by atoms with Crippen molar-refractivity contribution in [2.45, 2.75) is 38.4 Å². The Labute approximate surface area is 181 Å². The largest absolute Gasteiger partial charge is 0.371 e. The molecular formula is C20H26ClFN4O3S. The van der Waals surface area contributed by atoms with Crippen molar-refractivity contribution in [2.24, 2.45) is 0 Å². The summed E-state index contributed by atoms with van der Waals surface area (Å²) < 4.78 is 35.8. The topological polar surface area (TPSA) is 91.4 Å². The molecule has 2 N–H and O–H groups in total. The number of halogens is 2. The molecule has 1 aromatic rings. The molecule has 1 atom stereocenters. The number of amides is 1. The Balaban J connectivity index is 1.59. The molecule has 7 nitrogen and oxygen atoms in total. The van der Waals surface area contributed by atoms with Gasteiger partial charge < -0.3 is 10.6 Å². The minimum absolute atomic E-state index is 0.0113. The van der Waals surface area contributed by atoms with E-state index in [1.54, 1.807) is 13.1 Å². The number of rotatable bonds is 6. The summed E-state index contributed by atoms with van der Waals surface area (Å²) in [6.07, 6.45) is 7.45. The Morgan fingerprint density at radius 2 is 2.10 bits per heavy atom. The first-order chi connectivity index (χ1) is 14.1. The third-order valence-electron chi connectivity index (χ3n) is 5.25. The van der Waals surface area contributed by atoms with Crippen molar-refractivity contribution in [2.75, 3.05) is 25.1 Å². The standard InChI is InChI=1S/C20H26ClFN4O3S/c1-13-9-14(22)11-24-20(13)16-10-18(23-12-17(16)21)26-6-3-15(4-7-26)25-19(27)5-8-30(2,28)29/h9-12,15,18,23H,3-8H2,1-2H3,(H,25,27). The molecule has 1 fully saturated rings. The monoisotopic (exact) mass is 456 g/mol. The number of hydrogen-bond donors (Lipinski definition) is 2. The van der Waals surface area contributed by atoms with Gasteiger partial charge >= 0.3 is 0 Å². The normalized spacial score (nSPS) is 20.9. The minimum Gasteiger partial charge on any atom is -0.371 e. The van der Waals surface area contributed by atoms with Gasteiger partial charge in [-0.1, -0.05) is 11.6 Å². The number of carbonyl (C=O) groups excluding carboxylic acids is 1. The molecular weight excluding hydrogens is 431 g/mol. The highest BCUT2D eigenvalue weighted by atomic mass is 35.5. The van der Waals surface area contributed by atoms with E-state index in [9.17, 15) is 17.6 Å². The van der Waals surface area contributed by atoms with Crippen molar-refractivity contribution in [1.82, 2.24) is 20.5 Å². The van der Waals surface area contributed by atoms with Crippen LogP contribution < -0.4 is 10.6 Å². The highest BCUT2D eigenvalue weighted by molar-refractivity contribution is 7.90. The van der Waals surface area contributed by atoms with E-state index in [-0.39, 0.29) is 36.1 Å². The second-order valence-corrected chi connectivity index (χ2v) is 10.4. The summed E-state index contributed by atoms with van der Waals surface area (Å²) in [6.45, 7) is 3.30. The predicted molar refractivity (Wildman–Crippen MR) is 115 cm³/mol. The lowest BCUT2D eigenvalue weighted by molar-refractivity contribution is -0.121. The first kappa shape index (κ1) is 22.7. The molecule has 0 spiro atoms. The molecule has 0 saturated carbocycles.